The van der Waals surface area contributed by atoms with E-state index in [0.717, 1.165) is 12.1 Å². The number of phenols is 2. The van der Waals surface area contributed by atoms with Crippen LogP contribution in [0.5, 0.6) is 11.5 Å². The van der Waals surface area contributed by atoms with E-state index >= 15 is 0 Å². The third kappa shape index (κ3) is 6.78. The Morgan fingerprint density at radius 1 is 1.00 bits per heavy atom. The molecule has 20 heavy (non-hydrogen) atoms. The lowest BCUT2D eigenvalue weighted by atomic mass is 10.2. The highest BCUT2D eigenvalue weighted by Crippen LogP contribution is 2.19. The van der Waals surface area contributed by atoms with Crippen LogP contribution in [-0.2, 0) is 6.42 Å². The predicted octanol–water partition coefficient (Wildman–Crippen LogP) is 4.38. The zero-order chi connectivity index (χ0) is 15.5. The minimum absolute atomic E-state index is 0.185. The number of aromatic nitrogens is 1. The van der Waals surface area contributed by atoms with Gasteiger partial charge in [0.25, 0.3) is 0 Å². The van der Waals surface area contributed by atoms with Gasteiger partial charge in [0.05, 0.1) is 0 Å². The van der Waals surface area contributed by atoms with Crippen molar-refractivity contribution in [2.45, 2.75) is 41.0 Å². The van der Waals surface area contributed by atoms with E-state index in [4.69, 9.17) is 10.2 Å². The number of benzene rings is 1. The summed E-state index contributed by atoms with van der Waals surface area (Å²) in [5.41, 5.74) is 2.97. The first-order valence-corrected chi connectivity index (χ1v) is 6.94. The first-order chi connectivity index (χ1) is 9.52. The molecule has 0 aliphatic carbocycles. The first kappa shape index (κ1) is 18.0. The largest absolute Gasteiger partial charge is 0.508 e. The maximum absolute atomic E-state index is 8.93. The third-order valence-corrected chi connectivity index (χ3v) is 2.49. The van der Waals surface area contributed by atoms with Gasteiger partial charge in [-0.05, 0) is 56.2 Å². The van der Waals surface area contributed by atoms with E-state index in [9.17, 15) is 0 Å². The average Bonchev–Trinajstić information content (AvgIpc) is 2.46. The van der Waals surface area contributed by atoms with E-state index < -0.39 is 0 Å². The zero-order valence-electron chi connectivity index (χ0n) is 13.0. The summed E-state index contributed by atoms with van der Waals surface area (Å²) < 4.78 is 0. The van der Waals surface area contributed by atoms with Gasteiger partial charge in [-0.2, -0.15) is 0 Å². The monoisotopic (exact) mass is 275 g/mol. The highest BCUT2D eigenvalue weighted by atomic mass is 16.3. The van der Waals surface area contributed by atoms with Crippen molar-refractivity contribution in [1.29, 1.82) is 0 Å². The van der Waals surface area contributed by atoms with Crippen LogP contribution in [0.2, 0.25) is 0 Å². The molecule has 110 valence electrons. The smallest absolute Gasteiger partial charge is 0.118 e. The van der Waals surface area contributed by atoms with Gasteiger partial charge in [0.15, 0.2) is 0 Å². The molecule has 0 saturated heterocycles. The van der Waals surface area contributed by atoms with Crippen molar-refractivity contribution in [2.75, 3.05) is 0 Å². The van der Waals surface area contributed by atoms with Crippen LogP contribution in [0.25, 0.3) is 0 Å². The number of nitrogens with zero attached hydrogens (tertiary/aromatic N) is 1. The normalized spacial score (nSPS) is 8.85. The van der Waals surface area contributed by atoms with E-state index in [-0.39, 0.29) is 11.5 Å². The molecule has 0 fully saturated rings. The number of pyridine rings is 1. The van der Waals surface area contributed by atoms with Gasteiger partial charge >= 0.3 is 0 Å². The lowest BCUT2D eigenvalue weighted by molar-refractivity contribution is 0.456. The van der Waals surface area contributed by atoms with Gasteiger partial charge < -0.3 is 10.2 Å². The summed E-state index contributed by atoms with van der Waals surface area (Å²) in [6.45, 7) is 9.86. The van der Waals surface area contributed by atoms with Crippen molar-refractivity contribution >= 4 is 0 Å². The second-order valence-corrected chi connectivity index (χ2v) is 4.09. The van der Waals surface area contributed by atoms with Crippen LogP contribution in [0.15, 0.2) is 36.4 Å². The summed E-state index contributed by atoms with van der Waals surface area (Å²) in [7, 11) is 0. The molecule has 2 N–H and O–H groups in total. The summed E-state index contributed by atoms with van der Waals surface area (Å²) in [5, 5.41) is 17.8. The molecule has 0 amide bonds. The lowest BCUT2D eigenvalue weighted by Crippen LogP contribution is -1.87. The first-order valence-electron chi connectivity index (χ1n) is 6.94. The molecule has 3 nitrogen and oxygen atoms in total. The Hall–Kier alpha value is -2.03. The topological polar surface area (TPSA) is 53.4 Å². The standard InChI is InChI=1S/C8H11N.C7H8O2.C2H6/c1-3-8-6-4-5-7(2)9-8;1-5-4-6(8)2-3-7(5)9;1-2/h4-6H,3H2,1-2H3;2-4,8-9H,1H3;1-2H3. The van der Waals surface area contributed by atoms with Gasteiger partial charge in [0.2, 0.25) is 0 Å². The van der Waals surface area contributed by atoms with Crippen molar-refractivity contribution in [3.05, 3.63) is 53.3 Å². The fourth-order valence-corrected chi connectivity index (χ4v) is 1.44. The van der Waals surface area contributed by atoms with E-state index in [2.05, 4.69) is 11.9 Å². The maximum atomic E-state index is 8.93. The Balaban J connectivity index is 0.000000321. The Bertz CT molecular complexity index is 510. The van der Waals surface area contributed by atoms with Crippen molar-refractivity contribution in [1.82, 2.24) is 4.98 Å². The fourth-order valence-electron chi connectivity index (χ4n) is 1.44. The van der Waals surface area contributed by atoms with Crippen molar-refractivity contribution in [3.8, 4) is 11.5 Å². The molecule has 0 unspecified atom stereocenters. The number of aryl methyl sites for hydroxylation is 3. The highest BCUT2D eigenvalue weighted by Gasteiger charge is 1.93. The zero-order valence-corrected chi connectivity index (χ0v) is 13.0. The molecule has 0 aliphatic heterocycles. The molecular weight excluding hydrogens is 250 g/mol. The highest BCUT2D eigenvalue weighted by molar-refractivity contribution is 5.37. The molecule has 3 heteroatoms. The van der Waals surface area contributed by atoms with Crippen molar-refractivity contribution < 1.29 is 10.2 Å². The average molecular weight is 275 g/mol. The number of aromatic hydroxyl groups is 2. The quantitative estimate of drug-likeness (QED) is 0.759. The molecule has 0 saturated carbocycles. The number of rotatable bonds is 1. The summed E-state index contributed by atoms with van der Waals surface area (Å²) in [6, 6.07) is 10.5. The van der Waals surface area contributed by atoms with Gasteiger partial charge in [-0.25, -0.2) is 0 Å². The van der Waals surface area contributed by atoms with Gasteiger partial charge in [-0.3, -0.25) is 4.98 Å². The molecule has 1 aromatic carbocycles. The SMILES string of the molecule is CC.CCc1cccc(C)n1.Cc1cc(O)ccc1O. The molecule has 0 aliphatic rings. The molecule has 0 radical (unpaired) electrons. The molecule has 1 heterocycles. The minimum Gasteiger partial charge on any atom is -0.508 e. The molecule has 2 aromatic rings. The summed E-state index contributed by atoms with van der Waals surface area (Å²) in [4.78, 5) is 4.29. The Kier molecular flexibility index (Phi) is 8.84. The molecule has 0 atom stereocenters. The third-order valence-electron chi connectivity index (χ3n) is 2.49. The number of phenolic OH excluding ortho intramolecular Hbond substituents is 2. The Labute approximate surface area is 121 Å². The van der Waals surface area contributed by atoms with Crippen LogP contribution in [0, 0.1) is 13.8 Å². The number of hydrogen-bond donors (Lipinski definition) is 2. The van der Waals surface area contributed by atoms with Crippen LogP contribution in [-0.4, -0.2) is 15.2 Å². The summed E-state index contributed by atoms with van der Waals surface area (Å²) in [6.07, 6.45) is 1.03. The summed E-state index contributed by atoms with van der Waals surface area (Å²) in [5.74, 6) is 0.401. The van der Waals surface area contributed by atoms with Crippen LogP contribution in [0.3, 0.4) is 0 Å². The van der Waals surface area contributed by atoms with Crippen molar-refractivity contribution in [3.63, 3.8) is 0 Å². The van der Waals surface area contributed by atoms with Gasteiger partial charge in [-0.15, -0.1) is 0 Å². The maximum Gasteiger partial charge on any atom is 0.118 e. The van der Waals surface area contributed by atoms with E-state index in [1.54, 1.807) is 6.92 Å². The van der Waals surface area contributed by atoms with E-state index in [1.165, 1.54) is 23.9 Å². The van der Waals surface area contributed by atoms with Crippen LogP contribution in [0.1, 0.15) is 37.7 Å². The molecular formula is C17H25NO2. The van der Waals surface area contributed by atoms with Gasteiger partial charge in [0.1, 0.15) is 11.5 Å². The Morgan fingerprint density at radius 2 is 1.65 bits per heavy atom. The van der Waals surface area contributed by atoms with Crippen molar-refractivity contribution in [2.24, 2.45) is 0 Å². The molecule has 0 bridgehead atoms. The predicted molar refractivity (Wildman–Crippen MR) is 84.2 cm³/mol. The molecule has 0 spiro atoms. The van der Waals surface area contributed by atoms with Crippen LogP contribution < -0.4 is 0 Å². The second-order valence-electron chi connectivity index (χ2n) is 4.09. The van der Waals surface area contributed by atoms with E-state index in [0.29, 0.717) is 5.56 Å². The number of hydrogen-bond acceptors (Lipinski definition) is 3. The molecule has 2 rings (SSSR count). The molecule has 1 aromatic heterocycles. The van der Waals surface area contributed by atoms with Crippen LogP contribution >= 0.6 is 0 Å². The van der Waals surface area contributed by atoms with Gasteiger partial charge in [0, 0.05) is 11.4 Å². The van der Waals surface area contributed by atoms with Crippen LogP contribution in [0.4, 0.5) is 0 Å². The lowest BCUT2D eigenvalue weighted by Gasteiger charge is -1.96. The second kappa shape index (κ2) is 9.84. The summed E-state index contributed by atoms with van der Waals surface area (Å²) >= 11 is 0. The Morgan fingerprint density at radius 3 is 2.05 bits per heavy atom. The fraction of sp³-hybridized carbons (Fsp3) is 0.353. The van der Waals surface area contributed by atoms with E-state index in [1.807, 2.05) is 39.0 Å². The minimum atomic E-state index is 0.185. The van der Waals surface area contributed by atoms with Gasteiger partial charge in [-0.1, -0.05) is 26.8 Å².